The number of nitrogens with zero attached hydrogens (tertiary/aromatic N) is 4. The van der Waals surface area contributed by atoms with Crippen LogP contribution >= 0.6 is 11.8 Å². The highest BCUT2D eigenvalue weighted by Crippen LogP contribution is 2.36. The second-order valence-corrected chi connectivity index (χ2v) is 4.88. The number of aromatic carboxylic acids is 1. The summed E-state index contributed by atoms with van der Waals surface area (Å²) in [5, 5.41) is 28.3. The molecule has 0 aliphatic rings. The predicted octanol–water partition coefficient (Wildman–Crippen LogP) is 1.88. The van der Waals surface area contributed by atoms with Crippen molar-refractivity contribution in [1.29, 1.82) is 0 Å². The zero-order valence-corrected chi connectivity index (χ0v) is 11.4. The van der Waals surface area contributed by atoms with E-state index in [-0.39, 0.29) is 16.1 Å². The van der Waals surface area contributed by atoms with Crippen molar-refractivity contribution in [3.8, 4) is 0 Å². The number of aromatic nitrogens is 3. The lowest BCUT2D eigenvalue weighted by Crippen LogP contribution is -2.03. The lowest BCUT2D eigenvalue weighted by Gasteiger charge is -2.06. The van der Waals surface area contributed by atoms with Gasteiger partial charge in [0.15, 0.2) is 5.16 Å². The van der Waals surface area contributed by atoms with Crippen LogP contribution in [0, 0.1) is 17.0 Å². The summed E-state index contributed by atoms with van der Waals surface area (Å²) in [6, 6.07) is 3.92. The third kappa shape index (κ3) is 2.48. The summed E-state index contributed by atoms with van der Waals surface area (Å²) in [7, 11) is 1.70. The topological polar surface area (TPSA) is 111 Å². The SMILES string of the molecule is Cc1nnc(Sc2c(C(=O)O)cccc2[N+](=O)[O-])n1C. The largest absolute Gasteiger partial charge is 0.478 e. The molecule has 8 nitrogen and oxygen atoms in total. The van der Waals surface area contributed by atoms with Gasteiger partial charge < -0.3 is 9.67 Å². The molecule has 1 heterocycles. The number of carboxylic acid groups (broad SMARTS) is 1. The van der Waals surface area contributed by atoms with Crippen molar-refractivity contribution in [1.82, 2.24) is 14.8 Å². The molecule has 0 saturated heterocycles. The summed E-state index contributed by atoms with van der Waals surface area (Å²) < 4.78 is 1.63. The highest BCUT2D eigenvalue weighted by molar-refractivity contribution is 7.99. The molecule has 20 heavy (non-hydrogen) atoms. The Bertz CT molecular complexity index is 665. The minimum atomic E-state index is -1.23. The van der Waals surface area contributed by atoms with E-state index < -0.39 is 10.9 Å². The molecule has 9 heteroatoms. The molecule has 0 amide bonds. The summed E-state index contributed by atoms with van der Waals surface area (Å²) in [5.41, 5.74) is -0.402. The lowest BCUT2D eigenvalue weighted by molar-refractivity contribution is -0.387. The van der Waals surface area contributed by atoms with E-state index in [2.05, 4.69) is 10.2 Å². The quantitative estimate of drug-likeness (QED) is 0.676. The van der Waals surface area contributed by atoms with Gasteiger partial charge in [0.2, 0.25) is 0 Å². The maximum atomic E-state index is 11.2. The first-order chi connectivity index (χ1) is 9.41. The van der Waals surface area contributed by atoms with Crippen LogP contribution in [0.4, 0.5) is 5.69 Å². The molecule has 0 spiro atoms. The molecule has 104 valence electrons. The number of benzene rings is 1. The Morgan fingerprint density at radius 1 is 1.45 bits per heavy atom. The van der Waals surface area contributed by atoms with Crippen molar-refractivity contribution < 1.29 is 14.8 Å². The molecule has 0 saturated carbocycles. The van der Waals surface area contributed by atoms with Crippen molar-refractivity contribution in [3.63, 3.8) is 0 Å². The fourth-order valence-corrected chi connectivity index (χ4v) is 2.56. The zero-order valence-electron chi connectivity index (χ0n) is 10.6. The summed E-state index contributed by atoms with van der Waals surface area (Å²) in [6.45, 7) is 1.73. The van der Waals surface area contributed by atoms with Crippen LogP contribution < -0.4 is 0 Å². The molecule has 0 aliphatic carbocycles. The van der Waals surface area contributed by atoms with Gasteiger partial charge in [-0.25, -0.2) is 4.79 Å². The van der Waals surface area contributed by atoms with E-state index in [4.69, 9.17) is 5.11 Å². The summed E-state index contributed by atoms with van der Waals surface area (Å²) in [6.07, 6.45) is 0. The van der Waals surface area contributed by atoms with Gasteiger partial charge in [0.25, 0.3) is 5.69 Å². The molecule has 2 aromatic rings. The van der Waals surface area contributed by atoms with E-state index in [0.717, 1.165) is 11.8 Å². The molecule has 0 aliphatic heterocycles. The van der Waals surface area contributed by atoms with Gasteiger partial charge in [-0.1, -0.05) is 6.07 Å². The molecular formula is C11H10N4O4S. The van der Waals surface area contributed by atoms with Crippen LogP contribution in [0.3, 0.4) is 0 Å². The molecule has 1 aromatic carbocycles. The molecule has 1 N–H and O–H groups in total. The first-order valence-corrected chi connectivity index (χ1v) is 6.28. The molecule has 0 unspecified atom stereocenters. The molecule has 0 bridgehead atoms. The maximum Gasteiger partial charge on any atom is 0.337 e. The minimum absolute atomic E-state index is 0.0421. The van der Waals surface area contributed by atoms with Gasteiger partial charge in [0, 0.05) is 13.1 Å². The molecule has 1 aromatic heterocycles. The van der Waals surface area contributed by atoms with Gasteiger partial charge in [-0.2, -0.15) is 0 Å². The fraction of sp³-hybridized carbons (Fsp3) is 0.182. The van der Waals surface area contributed by atoms with Crippen LogP contribution in [0.2, 0.25) is 0 Å². The second-order valence-electron chi connectivity index (χ2n) is 3.91. The predicted molar refractivity (Wildman–Crippen MR) is 69.9 cm³/mol. The monoisotopic (exact) mass is 294 g/mol. The number of aryl methyl sites for hydroxylation is 1. The first kappa shape index (κ1) is 14.0. The Morgan fingerprint density at radius 3 is 2.65 bits per heavy atom. The van der Waals surface area contributed by atoms with Crippen LogP contribution in [0.15, 0.2) is 28.3 Å². The third-order valence-corrected chi connectivity index (χ3v) is 3.84. The molecule has 0 atom stereocenters. The standard InChI is InChI=1S/C11H10N4O4S/c1-6-12-13-11(14(6)2)20-9-7(10(16)17)4-3-5-8(9)15(18)19/h3-5H,1-2H3,(H,16,17). The number of carbonyl (C=O) groups is 1. The van der Waals surface area contributed by atoms with E-state index >= 15 is 0 Å². The Hall–Kier alpha value is -2.42. The Kier molecular flexibility index (Phi) is 3.70. The van der Waals surface area contributed by atoms with Crippen LogP contribution in [0.1, 0.15) is 16.2 Å². The van der Waals surface area contributed by atoms with Crippen LogP contribution in [-0.4, -0.2) is 30.8 Å². The van der Waals surface area contributed by atoms with Crippen LogP contribution in [0.25, 0.3) is 0 Å². The fourth-order valence-electron chi connectivity index (χ4n) is 1.51. The number of hydrogen-bond donors (Lipinski definition) is 1. The van der Waals surface area contributed by atoms with Gasteiger partial charge in [0.1, 0.15) is 10.7 Å². The van der Waals surface area contributed by atoms with Crippen molar-refractivity contribution in [2.45, 2.75) is 17.0 Å². The molecule has 2 rings (SSSR count). The van der Waals surface area contributed by atoms with Crippen LogP contribution in [0.5, 0.6) is 0 Å². The lowest BCUT2D eigenvalue weighted by atomic mass is 10.2. The Balaban J connectivity index is 2.56. The van der Waals surface area contributed by atoms with Crippen molar-refractivity contribution in [2.75, 3.05) is 0 Å². The highest BCUT2D eigenvalue weighted by Gasteiger charge is 2.24. The summed E-state index contributed by atoms with van der Waals surface area (Å²) in [5.74, 6) is -0.599. The zero-order chi connectivity index (χ0) is 14.9. The number of nitro benzene ring substituents is 1. The average molecular weight is 294 g/mol. The number of rotatable bonds is 4. The maximum absolute atomic E-state index is 11.2. The highest BCUT2D eigenvalue weighted by atomic mass is 32.2. The van der Waals surface area contributed by atoms with E-state index in [1.165, 1.54) is 18.2 Å². The first-order valence-electron chi connectivity index (χ1n) is 5.46. The van der Waals surface area contributed by atoms with Gasteiger partial charge in [-0.3, -0.25) is 10.1 Å². The third-order valence-electron chi connectivity index (χ3n) is 2.67. The summed E-state index contributed by atoms with van der Waals surface area (Å²) >= 11 is 0.912. The van der Waals surface area contributed by atoms with Gasteiger partial charge in [-0.05, 0) is 24.8 Å². The van der Waals surface area contributed by atoms with Crippen molar-refractivity contribution >= 4 is 23.4 Å². The number of hydrogen-bond acceptors (Lipinski definition) is 6. The van der Waals surface area contributed by atoms with E-state index in [9.17, 15) is 14.9 Å². The minimum Gasteiger partial charge on any atom is -0.478 e. The molecular weight excluding hydrogens is 284 g/mol. The number of carboxylic acids is 1. The Labute approximate surface area is 117 Å². The van der Waals surface area contributed by atoms with Gasteiger partial charge in [0.05, 0.1) is 10.5 Å². The normalized spacial score (nSPS) is 10.5. The van der Waals surface area contributed by atoms with Crippen molar-refractivity contribution in [3.05, 3.63) is 39.7 Å². The van der Waals surface area contributed by atoms with E-state index in [1.54, 1.807) is 18.5 Å². The van der Waals surface area contributed by atoms with Gasteiger partial charge in [-0.15, -0.1) is 10.2 Å². The average Bonchev–Trinajstić information content (AvgIpc) is 2.70. The number of nitro groups is 1. The summed E-state index contributed by atoms with van der Waals surface area (Å²) in [4.78, 5) is 21.7. The second kappa shape index (κ2) is 5.29. The Morgan fingerprint density at radius 2 is 2.15 bits per heavy atom. The molecule has 0 fully saturated rings. The van der Waals surface area contributed by atoms with Crippen LogP contribution in [-0.2, 0) is 7.05 Å². The van der Waals surface area contributed by atoms with E-state index in [0.29, 0.717) is 11.0 Å². The van der Waals surface area contributed by atoms with Crippen molar-refractivity contribution in [2.24, 2.45) is 7.05 Å². The van der Waals surface area contributed by atoms with Gasteiger partial charge >= 0.3 is 5.97 Å². The smallest absolute Gasteiger partial charge is 0.337 e. The van der Waals surface area contributed by atoms with E-state index in [1.807, 2.05) is 0 Å². The molecule has 0 radical (unpaired) electrons.